The van der Waals surface area contributed by atoms with Crippen molar-refractivity contribution in [1.29, 1.82) is 0 Å². The van der Waals surface area contributed by atoms with E-state index in [4.69, 9.17) is 0 Å². The molecule has 16 heavy (non-hydrogen) atoms. The van der Waals surface area contributed by atoms with Crippen LogP contribution in [-0.2, 0) is 13.1 Å². The van der Waals surface area contributed by atoms with Crippen LogP contribution in [0.25, 0.3) is 0 Å². The van der Waals surface area contributed by atoms with Crippen LogP contribution in [0.15, 0.2) is 0 Å². The molecule has 1 atom stereocenters. The van der Waals surface area contributed by atoms with Crippen LogP contribution in [0.5, 0.6) is 0 Å². The average molecular weight is 223 g/mol. The molecule has 5 heteroatoms. The minimum atomic E-state index is 0.580. The molecule has 1 fully saturated rings. The number of aromatic nitrogens is 3. The molecular formula is C11H21N5. The highest BCUT2D eigenvalue weighted by atomic mass is 15.3. The predicted octanol–water partition coefficient (Wildman–Crippen LogP) is 0.400. The Morgan fingerprint density at radius 1 is 1.44 bits per heavy atom. The van der Waals surface area contributed by atoms with Crippen molar-refractivity contribution in [2.24, 2.45) is 0 Å². The lowest BCUT2D eigenvalue weighted by molar-refractivity contribution is 0.159. The maximum atomic E-state index is 4.27. The fraction of sp³-hybridized carbons (Fsp3) is 0.818. The van der Waals surface area contributed by atoms with Crippen molar-refractivity contribution in [3.8, 4) is 0 Å². The van der Waals surface area contributed by atoms with Gasteiger partial charge in [-0.1, -0.05) is 0 Å². The van der Waals surface area contributed by atoms with Gasteiger partial charge in [0.25, 0.3) is 0 Å². The number of nitrogens with zero attached hydrogens (tertiary/aromatic N) is 4. The van der Waals surface area contributed by atoms with E-state index in [-0.39, 0.29) is 0 Å². The molecule has 1 aromatic rings. The summed E-state index contributed by atoms with van der Waals surface area (Å²) in [6, 6.07) is 0.580. The van der Waals surface area contributed by atoms with E-state index in [1.165, 1.54) is 0 Å². The molecule has 1 aromatic heterocycles. The lowest BCUT2D eigenvalue weighted by atomic mass is 10.2. The van der Waals surface area contributed by atoms with Gasteiger partial charge in [-0.25, -0.2) is 0 Å². The Labute approximate surface area is 96.8 Å². The van der Waals surface area contributed by atoms with Gasteiger partial charge in [-0.2, -0.15) is 0 Å². The first kappa shape index (κ1) is 11.5. The molecule has 1 N–H and O–H groups in total. The number of aryl methyl sites for hydroxylation is 1. The summed E-state index contributed by atoms with van der Waals surface area (Å²) in [4.78, 5) is 2.46. The van der Waals surface area contributed by atoms with Crippen LogP contribution in [0.3, 0.4) is 0 Å². The molecule has 0 spiro atoms. The van der Waals surface area contributed by atoms with E-state index in [2.05, 4.69) is 38.8 Å². The zero-order valence-corrected chi connectivity index (χ0v) is 10.4. The molecule has 2 rings (SSSR count). The summed E-state index contributed by atoms with van der Waals surface area (Å²) < 4.78 is 2.19. The van der Waals surface area contributed by atoms with Crippen molar-refractivity contribution in [3.63, 3.8) is 0 Å². The molecule has 1 aliphatic heterocycles. The molecule has 0 aromatic carbocycles. The topological polar surface area (TPSA) is 46.0 Å². The van der Waals surface area contributed by atoms with Crippen LogP contribution in [0.1, 0.15) is 25.5 Å². The van der Waals surface area contributed by atoms with Gasteiger partial charge in [0, 0.05) is 32.2 Å². The molecule has 0 saturated carbocycles. The van der Waals surface area contributed by atoms with Gasteiger partial charge in [0.15, 0.2) is 0 Å². The lowest BCUT2D eigenvalue weighted by Crippen LogP contribution is -2.49. The lowest BCUT2D eigenvalue weighted by Gasteiger charge is -2.33. The zero-order valence-electron chi connectivity index (χ0n) is 10.4. The van der Waals surface area contributed by atoms with Crippen LogP contribution >= 0.6 is 0 Å². The molecule has 0 radical (unpaired) electrons. The third-order valence-electron chi connectivity index (χ3n) is 3.31. The van der Waals surface area contributed by atoms with E-state index in [0.29, 0.717) is 6.04 Å². The summed E-state index contributed by atoms with van der Waals surface area (Å²) in [6.45, 7) is 11.5. The largest absolute Gasteiger partial charge is 0.314 e. The first-order valence-corrected chi connectivity index (χ1v) is 6.05. The van der Waals surface area contributed by atoms with Crippen molar-refractivity contribution in [3.05, 3.63) is 11.6 Å². The molecule has 2 heterocycles. The Morgan fingerprint density at radius 3 is 2.94 bits per heavy atom. The summed E-state index contributed by atoms with van der Waals surface area (Å²) in [6.07, 6.45) is 0. The van der Waals surface area contributed by atoms with Crippen molar-refractivity contribution in [2.75, 3.05) is 19.6 Å². The molecule has 5 nitrogen and oxygen atoms in total. The predicted molar refractivity (Wildman–Crippen MR) is 63.2 cm³/mol. The third-order valence-corrected chi connectivity index (χ3v) is 3.31. The van der Waals surface area contributed by atoms with Crippen LogP contribution in [0, 0.1) is 6.92 Å². The number of rotatable bonds is 3. The van der Waals surface area contributed by atoms with Crippen molar-refractivity contribution in [1.82, 2.24) is 25.0 Å². The second-order valence-electron chi connectivity index (χ2n) is 4.43. The van der Waals surface area contributed by atoms with E-state index in [1.807, 2.05) is 6.92 Å². The summed E-state index contributed by atoms with van der Waals surface area (Å²) in [5.41, 5.74) is 0. The van der Waals surface area contributed by atoms with Crippen molar-refractivity contribution < 1.29 is 0 Å². The summed E-state index contributed by atoms with van der Waals surface area (Å²) in [7, 11) is 0. The van der Waals surface area contributed by atoms with E-state index < -0.39 is 0 Å². The Morgan fingerprint density at radius 2 is 2.25 bits per heavy atom. The number of nitrogens with one attached hydrogen (secondary N) is 1. The minimum absolute atomic E-state index is 0.580. The van der Waals surface area contributed by atoms with Gasteiger partial charge in [0.1, 0.15) is 11.6 Å². The van der Waals surface area contributed by atoms with Crippen LogP contribution in [-0.4, -0.2) is 45.3 Å². The van der Waals surface area contributed by atoms with Gasteiger partial charge < -0.3 is 9.88 Å². The van der Waals surface area contributed by atoms with Crippen LogP contribution in [0.4, 0.5) is 0 Å². The maximum absolute atomic E-state index is 4.27. The zero-order chi connectivity index (χ0) is 11.5. The molecule has 0 aliphatic carbocycles. The van der Waals surface area contributed by atoms with E-state index in [1.54, 1.807) is 0 Å². The highest BCUT2D eigenvalue weighted by Crippen LogP contribution is 2.09. The van der Waals surface area contributed by atoms with Gasteiger partial charge in [-0.05, 0) is 20.8 Å². The number of piperazine rings is 1. The Hall–Kier alpha value is -0.940. The molecule has 90 valence electrons. The molecule has 1 aliphatic rings. The highest BCUT2D eigenvalue weighted by molar-refractivity contribution is 4.95. The first-order valence-electron chi connectivity index (χ1n) is 6.05. The van der Waals surface area contributed by atoms with E-state index in [0.717, 1.165) is 44.4 Å². The summed E-state index contributed by atoms with van der Waals surface area (Å²) >= 11 is 0. The minimum Gasteiger partial charge on any atom is -0.314 e. The second-order valence-corrected chi connectivity index (χ2v) is 4.43. The van der Waals surface area contributed by atoms with E-state index in [9.17, 15) is 0 Å². The molecule has 0 bridgehead atoms. The number of hydrogen-bond acceptors (Lipinski definition) is 4. The smallest absolute Gasteiger partial charge is 0.147 e. The molecule has 0 unspecified atom stereocenters. The molecule has 1 saturated heterocycles. The van der Waals surface area contributed by atoms with Crippen molar-refractivity contribution in [2.45, 2.75) is 39.9 Å². The van der Waals surface area contributed by atoms with Crippen molar-refractivity contribution >= 4 is 0 Å². The Kier molecular flexibility index (Phi) is 3.56. The quantitative estimate of drug-likeness (QED) is 0.806. The monoisotopic (exact) mass is 223 g/mol. The van der Waals surface area contributed by atoms with Gasteiger partial charge in [-0.15, -0.1) is 10.2 Å². The maximum Gasteiger partial charge on any atom is 0.147 e. The summed E-state index contributed by atoms with van der Waals surface area (Å²) in [5, 5.41) is 11.8. The SMILES string of the molecule is CCn1c(C)nnc1CN1CCNC[C@@H]1C. The third kappa shape index (κ3) is 2.25. The Balaban J connectivity index is 2.07. The van der Waals surface area contributed by atoms with Crippen LogP contribution < -0.4 is 5.32 Å². The average Bonchev–Trinajstić information content (AvgIpc) is 2.63. The first-order chi connectivity index (χ1) is 7.72. The molecular weight excluding hydrogens is 202 g/mol. The fourth-order valence-corrected chi connectivity index (χ4v) is 2.25. The summed E-state index contributed by atoms with van der Waals surface area (Å²) in [5.74, 6) is 2.11. The van der Waals surface area contributed by atoms with Crippen LogP contribution in [0.2, 0.25) is 0 Å². The molecule has 0 amide bonds. The Bertz CT molecular complexity index is 346. The standard InChI is InChI=1S/C11H21N5/c1-4-16-10(3)13-14-11(16)8-15-6-5-12-7-9(15)2/h9,12H,4-8H2,1-3H3/t9-/m0/s1. The number of hydrogen-bond donors (Lipinski definition) is 1. The van der Waals surface area contributed by atoms with Gasteiger partial charge in [0.2, 0.25) is 0 Å². The van der Waals surface area contributed by atoms with Gasteiger partial charge in [0.05, 0.1) is 6.54 Å². The second kappa shape index (κ2) is 4.93. The van der Waals surface area contributed by atoms with Gasteiger partial charge in [-0.3, -0.25) is 4.90 Å². The highest BCUT2D eigenvalue weighted by Gasteiger charge is 2.20. The van der Waals surface area contributed by atoms with E-state index >= 15 is 0 Å². The normalized spacial score (nSPS) is 22.6. The fourth-order valence-electron chi connectivity index (χ4n) is 2.25. The van der Waals surface area contributed by atoms with Gasteiger partial charge >= 0.3 is 0 Å².